The van der Waals surface area contributed by atoms with Crippen LogP contribution < -0.4 is 9.62 Å². The first-order chi connectivity index (χ1) is 19.2. The fourth-order valence-electron chi connectivity index (χ4n) is 5.05. The Morgan fingerprint density at radius 3 is 2.60 bits per heavy atom. The fourth-order valence-corrected chi connectivity index (χ4v) is 7.57. The van der Waals surface area contributed by atoms with Crippen molar-refractivity contribution in [1.29, 1.82) is 0 Å². The van der Waals surface area contributed by atoms with Gasteiger partial charge in [-0.05, 0) is 74.5 Å². The normalized spacial score (nSPS) is 18.3. The number of anilines is 2. The minimum absolute atomic E-state index is 0.0105. The molecule has 1 atom stereocenters. The highest BCUT2D eigenvalue weighted by atomic mass is 35.5. The van der Waals surface area contributed by atoms with Crippen molar-refractivity contribution in [3.63, 3.8) is 0 Å². The number of hydrogen-bond acceptors (Lipinski definition) is 7. The van der Waals surface area contributed by atoms with Crippen LogP contribution in [-0.4, -0.2) is 77.1 Å². The number of nitrogens with zero attached hydrogens (tertiary/aromatic N) is 5. The van der Waals surface area contributed by atoms with Gasteiger partial charge in [0.15, 0.2) is 5.82 Å². The number of aliphatic carboxylic acids is 1. The summed E-state index contributed by atoms with van der Waals surface area (Å²) in [4.78, 5) is 14.1. The van der Waals surface area contributed by atoms with Gasteiger partial charge in [0, 0.05) is 41.2 Å². The number of rotatable bonds is 10. The maximum Gasteiger partial charge on any atom is 0.324 e. The molecule has 0 saturated carbocycles. The van der Waals surface area contributed by atoms with Gasteiger partial charge < -0.3 is 15.3 Å². The second kappa shape index (κ2) is 12.2. The summed E-state index contributed by atoms with van der Waals surface area (Å²) in [7, 11) is -4.14. The minimum atomic E-state index is -4.14. The Kier molecular flexibility index (Phi) is 8.65. The molecule has 40 heavy (non-hydrogen) atoms. The average molecular weight is 606 g/mol. The molecule has 2 aliphatic rings. The van der Waals surface area contributed by atoms with Crippen molar-refractivity contribution in [2.45, 2.75) is 30.9 Å². The van der Waals surface area contributed by atoms with E-state index >= 15 is 0 Å². The highest BCUT2D eigenvalue weighted by Gasteiger charge is 2.34. The summed E-state index contributed by atoms with van der Waals surface area (Å²) in [6.07, 6.45) is 8.50. The maximum atomic E-state index is 13.5. The van der Waals surface area contributed by atoms with E-state index < -0.39 is 27.8 Å². The van der Waals surface area contributed by atoms with E-state index in [2.05, 4.69) is 20.4 Å². The van der Waals surface area contributed by atoms with Crippen LogP contribution in [0.25, 0.3) is 16.7 Å². The minimum Gasteiger partial charge on any atom is -0.480 e. The van der Waals surface area contributed by atoms with E-state index in [0.717, 1.165) is 36.0 Å². The van der Waals surface area contributed by atoms with Crippen molar-refractivity contribution >= 4 is 61.6 Å². The molecular weight excluding hydrogens is 575 g/mol. The maximum absolute atomic E-state index is 13.5. The van der Waals surface area contributed by atoms with Crippen molar-refractivity contribution in [2.75, 3.05) is 42.3 Å². The van der Waals surface area contributed by atoms with E-state index in [1.807, 2.05) is 29.0 Å². The van der Waals surface area contributed by atoms with Crippen molar-refractivity contribution in [3.8, 4) is 5.82 Å². The van der Waals surface area contributed by atoms with Gasteiger partial charge in [-0.3, -0.25) is 13.7 Å². The number of hydrogen-bond donors (Lipinski definition) is 2. The molecule has 3 aromatic rings. The predicted molar refractivity (Wildman–Crippen MR) is 158 cm³/mol. The monoisotopic (exact) mass is 604 g/mol. The van der Waals surface area contributed by atoms with Crippen molar-refractivity contribution < 1.29 is 18.3 Å². The van der Waals surface area contributed by atoms with Crippen molar-refractivity contribution in [3.05, 3.63) is 64.8 Å². The summed E-state index contributed by atoms with van der Waals surface area (Å²) in [6.45, 7) is 3.31. The number of nitrogens with one attached hydrogen (secondary N) is 1. The third-order valence-corrected chi connectivity index (χ3v) is 9.57. The quantitative estimate of drug-likeness (QED) is 0.345. The molecule has 1 aliphatic heterocycles. The molecule has 0 amide bonds. The van der Waals surface area contributed by atoms with E-state index in [1.54, 1.807) is 18.2 Å². The molecule has 0 bridgehead atoms. The Morgan fingerprint density at radius 2 is 1.90 bits per heavy atom. The number of likely N-dealkylation sites (tertiary alicyclic amines) is 1. The average Bonchev–Trinajstić information content (AvgIpc) is 3.35. The van der Waals surface area contributed by atoms with Crippen molar-refractivity contribution in [1.82, 2.24) is 19.7 Å². The lowest BCUT2D eigenvalue weighted by molar-refractivity contribution is -0.135. The molecule has 1 unspecified atom stereocenters. The Balaban J connectivity index is 1.34. The lowest BCUT2D eigenvalue weighted by Gasteiger charge is -2.28. The highest BCUT2D eigenvalue weighted by molar-refractivity contribution is 7.93. The first kappa shape index (κ1) is 28.4. The van der Waals surface area contributed by atoms with Crippen LogP contribution in [0.5, 0.6) is 0 Å². The van der Waals surface area contributed by atoms with Crippen LogP contribution in [-0.2, 0) is 14.8 Å². The summed E-state index contributed by atoms with van der Waals surface area (Å²) < 4.78 is 29.8. The third kappa shape index (κ3) is 6.43. The van der Waals surface area contributed by atoms with Crippen LogP contribution in [0, 0.1) is 0 Å². The molecular formula is C27H30Cl2N6O4S. The molecule has 2 aromatic heterocycles. The summed E-state index contributed by atoms with van der Waals surface area (Å²) in [5, 5.41) is 21.6. The van der Waals surface area contributed by atoms with Crippen molar-refractivity contribution in [2.24, 2.45) is 0 Å². The Labute approximate surface area is 242 Å². The first-order valence-corrected chi connectivity index (χ1v) is 15.3. The predicted octanol–water partition coefficient (Wildman–Crippen LogP) is 4.56. The first-order valence-electron chi connectivity index (χ1n) is 13.1. The van der Waals surface area contributed by atoms with E-state index in [0.29, 0.717) is 17.0 Å². The lowest BCUT2D eigenvalue weighted by atomic mass is 10.1. The van der Waals surface area contributed by atoms with Gasteiger partial charge in [-0.25, -0.2) is 8.42 Å². The zero-order valence-electron chi connectivity index (χ0n) is 21.7. The highest BCUT2D eigenvalue weighted by Crippen LogP contribution is 2.32. The summed E-state index contributed by atoms with van der Waals surface area (Å²) in [5.74, 6) is 0.0114. The smallest absolute Gasteiger partial charge is 0.324 e. The number of carboxylic acids is 1. The number of carbonyl (C=O) groups is 1. The molecule has 0 spiro atoms. The van der Waals surface area contributed by atoms with Crippen LogP contribution in [0.3, 0.4) is 0 Å². The summed E-state index contributed by atoms with van der Waals surface area (Å²) in [6, 6.07) is 10.5. The molecule has 3 heterocycles. The van der Waals surface area contributed by atoms with Crippen LogP contribution in [0.2, 0.25) is 0 Å². The molecule has 212 valence electrons. The van der Waals surface area contributed by atoms with Gasteiger partial charge in [0.05, 0.1) is 11.2 Å². The molecule has 1 aromatic carbocycles. The summed E-state index contributed by atoms with van der Waals surface area (Å²) in [5.41, 5.74) is 0.991. The molecule has 13 heteroatoms. The molecule has 10 nitrogen and oxygen atoms in total. The zero-order chi connectivity index (χ0) is 28.3. The van der Waals surface area contributed by atoms with E-state index in [9.17, 15) is 18.3 Å². The van der Waals surface area contributed by atoms with Crippen LogP contribution in [0.15, 0.2) is 64.8 Å². The van der Waals surface area contributed by atoms with E-state index in [-0.39, 0.29) is 22.2 Å². The summed E-state index contributed by atoms with van der Waals surface area (Å²) >= 11 is 12.1. The Hall–Kier alpha value is -3.12. The fraction of sp³-hybridized carbons (Fsp3) is 0.370. The Bertz CT molecular complexity index is 1550. The third-order valence-electron chi connectivity index (χ3n) is 7.05. The molecule has 2 N–H and O–H groups in total. The van der Waals surface area contributed by atoms with Crippen LogP contribution >= 0.6 is 23.2 Å². The zero-order valence-corrected chi connectivity index (χ0v) is 24.0. The topological polar surface area (TPSA) is 121 Å². The van der Waals surface area contributed by atoms with Gasteiger partial charge in [0.25, 0.3) is 0 Å². The molecule has 0 radical (unpaired) electrons. The largest absolute Gasteiger partial charge is 0.480 e. The number of sulfonamides is 1. The number of aromatic nitrogens is 3. The number of fused-ring (bicyclic) bond motifs is 1. The van der Waals surface area contributed by atoms with Gasteiger partial charge in [-0.1, -0.05) is 29.6 Å². The second-order valence-corrected chi connectivity index (χ2v) is 12.9. The van der Waals surface area contributed by atoms with E-state index in [1.165, 1.54) is 31.4 Å². The number of allylic oxidation sites excluding steroid dienone is 3. The van der Waals surface area contributed by atoms with Crippen LogP contribution in [0.4, 0.5) is 11.5 Å². The number of benzene rings is 1. The van der Waals surface area contributed by atoms with Gasteiger partial charge in [0.1, 0.15) is 17.6 Å². The second-order valence-electron chi connectivity index (χ2n) is 9.87. The molecule has 1 saturated heterocycles. The van der Waals surface area contributed by atoms with Gasteiger partial charge in [-0.2, -0.15) is 0 Å². The molecule has 1 fully saturated rings. The van der Waals surface area contributed by atoms with Gasteiger partial charge >= 0.3 is 5.97 Å². The number of carboxylic acid groups (broad SMARTS) is 1. The standard InChI is InChI=1S/C27H30Cl2N6O4S/c28-20-15-21(29)17-23(16-20)40(38,39)35(18-27(36)37)22-4-5-24-19(14-22)8-12-34(24)26-7-6-25(31-32-26)30-9-13-33-10-2-1-3-11-33/h4-8,12,14-16,23H,1-3,9-11,13,17-18H2,(H,30,31)(H,36,37). The lowest BCUT2D eigenvalue weighted by Crippen LogP contribution is -2.41. The van der Waals surface area contributed by atoms with E-state index in [4.69, 9.17) is 23.2 Å². The Morgan fingerprint density at radius 1 is 1.10 bits per heavy atom. The van der Waals surface area contributed by atoms with Gasteiger partial charge in [0.2, 0.25) is 10.0 Å². The van der Waals surface area contributed by atoms with Gasteiger partial charge in [-0.15, -0.1) is 10.2 Å². The SMILES string of the molecule is O=C(O)CN(c1ccc2c(ccn2-c2ccc(NCCN3CCCCC3)nn2)c1)S(=O)(=O)C1C=C(Cl)C=C(Cl)C1. The molecule has 1 aliphatic carbocycles. The number of halogens is 2. The molecule has 5 rings (SSSR count). The number of piperidine rings is 1. The van der Waals surface area contributed by atoms with Crippen LogP contribution in [0.1, 0.15) is 25.7 Å².